The summed E-state index contributed by atoms with van der Waals surface area (Å²) in [6.07, 6.45) is 0. The Balaban J connectivity index is 0.000000351. The van der Waals surface area contributed by atoms with Crippen LogP contribution < -0.4 is 22.5 Å². The van der Waals surface area contributed by atoms with Crippen LogP contribution in [0.5, 0.6) is 0 Å². The van der Waals surface area contributed by atoms with Crippen molar-refractivity contribution in [2.24, 2.45) is 22.2 Å². The van der Waals surface area contributed by atoms with Crippen molar-refractivity contribution in [3.63, 3.8) is 0 Å². The number of nitrogens with zero attached hydrogens (tertiary/aromatic N) is 1. The maximum Gasteiger partial charge on any atom is 0.304 e. The summed E-state index contributed by atoms with van der Waals surface area (Å²) in [6, 6.07) is 13.4. The summed E-state index contributed by atoms with van der Waals surface area (Å²) in [6.45, 7) is 0. The fourth-order valence-corrected chi connectivity index (χ4v) is 2.16. The van der Waals surface area contributed by atoms with E-state index in [9.17, 15) is 9.59 Å². The normalized spacial score (nSPS) is 9.38. The Morgan fingerprint density at radius 1 is 1.08 bits per heavy atom. The predicted octanol–water partition coefficient (Wildman–Crippen LogP) is 2.31. The van der Waals surface area contributed by atoms with Gasteiger partial charge in [0, 0.05) is 22.8 Å². The van der Waals surface area contributed by atoms with Crippen LogP contribution >= 0.6 is 24.4 Å². The first-order valence-corrected chi connectivity index (χ1v) is 7.69. The van der Waals surface area contributed by atoms with Gasteiger partial charge in [0.15, 0.2) is 11.1 Å². The molecule has 0 saturated heterocycles. The van der Waals surface area contributed by atoms with Gasteiger partial charge in [0.2, 0.25) is 0 Å². The van der Waals surface area contributed by atoms with Crippen LogP contribution in [0.1, 0.15) is 0 Å². The summed E-state index contributed by atoms with van der Waals surface area (Å²) in [5.41, 5.74) is 15.4. The van der Waals surface area contributed by atoms with Crippen LogP contribution in [-0.2, 0) is 0 Å². The molecule has 0 heterocycles. The summed E-state index contributed by atoms with van der Waals surface area (Å²) in [7, 11) is 0. The van der Waals surface area contributed by atoms with Crippen LogP contribution in [0.15, 0.2) is 47.5 Å². The second-order valence-corrected chi connectivity index (χ2v) is 5.62. The van der Waals surface area contributed by atoms with E-state index in [4.69, 9.17) is 22.6 Å². The van der Waals surface area contributed by atoms with Crippen molar-refractivity contribution in [2.45, 2.75) is 0 Å². The summed E-state index contributed by atoms with van der Waals surface area (Å²) in [4.78, 5) is 24.2. The third-order valence-electron chi connectivity index (χ3n) is 2.45. The molecule has 24 heavy (non-hydrogen) atoms. The Kier molecular flexibility index (Phi) is 7.59. The lowest BCUT2D eigenvalue weighted by molar-refractivity contribution is 0.267. The third kappa shape index (κ3) is 7.03. The number of hydrogen-bond acceptors (Lipinski definition) is 4. The molecule has 8 N–H and O–H groups in total. The number of amides is 2. The molecule has 2 aromatic rings. The molecule has 0 saturated carbocycles. The minimum atomic E-state index is -0.681. The maximum absolute atomic E-state index is 11.5. The fourth-order valence-electron chi connectivity index (χ4n) is 1.68. The van der Waals surface area contributed by atoms with Crippen LogP contribution in [0.4, 0.5) is 15.3 Å². The third-order valence-corrected chi connectivity index (χ3v) is 3.06. The van der Waals surface area contributed by atoms with Gasteiger partial charge in [-0.05, 0) is 11.5 Å². The van der Waals surface area contributed by atoms with Crippen molar-refractivity contribution in [3.05, 3.63) is 42.5 Å². The Morgan fingerprint density at radius 2 is 1.71 bits per heavy atom. The monoisotopic (exact) mass is 364 g/mol. The molecule has 0 aliphatic rings. The number of benzene rings is 2. The highest BCUT2D eigenvalue weighted by Gasteiger charge is 2.07. The minimum absolute atomic E-state index is 0.220. The van der Waals surface area contributed by atoms with E-state index in [0.29, 0.717) is 11.8 Å². The number of nitrogens with one attached hydrogen (secondary N) is 2. The van der Waals surface area contributed by atoms with Crippen molar-refractivity contribution >= 4 is 62.5 Å². The van der Waals surface area contributed by atoms with E-state index in [1.165, 1.54) is 0 Å². The molecule has 0 aromatic heterocycles. The molecule has 126 valence electrons. The van der Waals surface area contributed by atoms with Crippen LogP contribution in [-0.4, -0.2) is 21.6 Å². The molecule has 0 bridgehead atoms. The highest BCUT2D eigenvalue weighted by Crippen LogP contribution is 2.23. The van der Waals surface area contributed by atoms with E-state index >= 15 is 0 Å². The number of nitrogens with two attached hydrogens (primary N) is 3. The molecule has 0 aliphatic heterocycles. The maximum atomic E-state index is 11.5. The molecule has 8 nitrogen and oxygen atoms in total. The number of carbonyl (C=O) groups excluding carboxylic acids is 2. The molecule has 0 atom stereocenters. The van der Waals surface area contributed by atoms with E-state index in [1.807, 2.05) is 42.5 Å². The molecule has 0 aliphatic carbocycles. The van der Waals surface area contributed by atoms with Gasteiger partial charge in [0.25, 0.3) is 5.24 Å². The standard InChI is InChI=1S/C12H11N3OS.C2H5N3OS/c13-11(14)17-12(16)15-10-7-3-5-8-4-1-2-6-9(8)10;3-1(4)5-2(6)7/h1-7H,(H3,13,14)(H,15,16);(H5,3,4,5,6,7). The Hall–Kier alpha value is -2.72. The van der Waals surface area contributed by atoms with Crippen LogP contribution in [0, 0.1) is 5.41 Å². The number of anilines is 1. The van der Waals surface area contributed by atoms with Crippen molar-refractivity contribution in [3.8, 4) is 0 Å². The number of thioether (sulfide) groups is 1. The molecule has 0 radical (unpaired) electrons. The van der Waals surface area contributed by atoms with Crippen LogP contribution in [0.3, 0.4) is 0 Å². The van der Waals surface area contributed by atoms with Gasteiger partial charge in [-0.15, -0.1) is 0 Å². The number of guanidine groups is 1. The summed E-state index contributed by atoms with van der Waals surface area (Å²) < 4.78 is 0. The first-order chi connectivity index (χ1) is 11.3. The zero-order chi connectivity index (χ0) is 18.1. The topological polar surface area (TPSA) is 160 Å². The van der Waals surface area contributed by atoms with Crippen LogP contribution in [0.25, 0.3) is 10.8 Å². The highest BCUT2D eigenvalue weighted by molar-refractivity contribution is 8.26. The quantitative estimate of drug-likeness (QED) is 0.258. The largest absolute Gasteiger partial charge is 0.378 e. The minimum Gasteiger partial charge on any atom is -0.378 e. The molecule has 0 spiro atoms. The Labute approximate surface area is 147 Å². The summed E-state index contributed by atoms with van der Waals surface area (Å²) >= 11 is 3.92. The lowest BCUT2D eigenvalue weighted by Crippen LogP contribution is -2.23. The first-order valence-electron chi connectivity index (χ1n) is 6.42. The Bertz CT molecular complexity index is 784. The van der Waals surface area contributed by atoms with E-state index in [0.717, 1.165) is 16.5 Å². The van der Waals surface area contributed by atoms with Crippen molar-refractivity contribution < 1.29 is 9.59 Å². The molecule has 2 rings (SSSR count). The lowest BCUT2D eigenvalue weighted by Gasteiger charge is -2.07. The van der Waals surface area contributed by atoms with Gasteiger partial charge in [-0.2, -0.15) is 4.99 Å². The van der Waals surface area contributed by atoms with Crippen LogP contribution in [0.2, 0.25) is 0 Å². The number of rotatable bonds is 1. The number of fused-ring (bicyclic) bond motifs is 1. The molecule has 0 fully saturated rings. The van der Waals surface area contributed by atoms with E-state index in [1.54, 1.807) is 0 Å². The fraction of sp³-hybridized carbons (Fsp3) is 0. The number of thiol groups is 1. The second-order valence-electron chi connectivity index (χ2n) is 4.22. The second kappa shape index (κ2) is 9.43. The van der Waals surface area contributed by atoms with Crippen molar-refractivity contribution in [1.82, 2.24) is 0 Å². The predicted molar refractivity (Wildman–Crippen MR) is 103 cm³/mol. The van der Waals surface area contributed by atoms with Gasteiger partial charge >= 0.3 is 5.24 Å². The zero-order valence-corrected chi connectivity index (χ0v) is 14.1. The smallest absolute Gasteiger partial charge is 0.304 e. The number of amidine groups is 1. The molecular weight excluding hydrogens is 348 g/mol. The molecule has 10 heteroatoms. The molecule has 2 amide bonds. The van der Waals surface area contributed by atoms with Gasteiger partial charge < -0.3 is 22.5 Å². The first kappa shape index (κ1) is 19.3. The molecule has 0 unspecified atom stereocenters. The van der Waals surface area contributed by atoms with Crippen molar-refractivity contribution in [2.75, 3.05) is 5.32 Å². The van der Waals surface area contributed by atoms with E-state index in [-0.39, 0.29) is 16.4 Å². The average Bonchev–Trinajstić information content (AvgIpc) is 2.46. The van der Waals surface area contributed by atoms with Gasteiger partial charge in [-0.3, -0.25) is 15.0 Å². The molecular formula is C14H16N6O2S2. The zero-order valence-electron chi connectivity index (χ0n) is 12.4. The average molecular weight is 364 g/mol. The van der Waals surface area contributed by atoms with Crippen molar-refractivity contribution in [1.29, 1.82) is 5.41 Å². The lowest BCUT2D eigenvalue weighted by atomic mass is 10.1. The van der Waals surface area contributed by atoms with Gasteiger partial charge in [0.05, 0.1) is 0 Å². The molecule has 2 aromatic carbocycles. The number of hydrogen-bond donors (Lipinski definition) is 6. The van der Waals surface area contributed by atoms with E-state index in [2.05, 4.69) is 22.9 Å². The number of aliphatic imine (C=N–C) groups is 1. The van der Waals surface area contributed by atoms with Gasteiger partial charge in [-0.25, -0.2) is 0 Å². The van der Waals surface area contributed by atoms with Gasteiger partial charge in [-0.1, -0.05) is 49.0 Å². The SMILES string of the molecule is N=C(N)SC(=O)Nc1cccc2ccccc12.NC(N)=NC(=O)S. The Morgan fingerprint density at radius 3 is 2.25 bits per heavy atom. The highest BCUT2D eigenvalue weighted by atomic mass is 32.2. The van der Waals surface area contributed by atoms with Gasteiger partial charge in [0.1, 0.15) is 0 Å². The summed E-state index contributed by atoms with van der Waals surface area (Å²) in [5, 5.41) is 10.5. The number of carbonyl (C=O) groups is 2. The van der Waals surface area contributed by atoms with E-state index < -0.39 is 5.24 Å². The summed E-state index contributed by atoms with van der Waals surface area (Å²) in [5.74, 6) is -0.264.